The fourth-order valence-corrected chi connectivity index (χ4v) is 1.000. The molecule has 0 amide bonds. The summed E-state index contributed by atoms with van der Waals surface area (Å²) in [6, 6.07) is 0. The maximum atomic E-state index is 10.6. The van der Waals surface area contributed by atoms with E-state index in [4.69, 9.17) is 0 Å². The summed E-state index contributed by atoms with van der Waals surface area (Å²) in [4.78, 5) is 17.7. The number of aromatic amines is 1. The Morgan fingerprint density at radius 2 is 2.38 bits per heavy atom. The molecule has 0 fully saturated rings. The van der Waals surface area contributed by atoms with Crippen LogP contribution in [0.4, 0.5) is 0 Å². The summed E-state index contributed by atoms with van der Waals surface area (Å²) in [6.45, 7) is 1.99. The lowest BCUT2D eigenvalue weighted by Gasteiger charge is -1.86. The van der Waals surface area contributed by atoms with Gasteiger partial charge in [-0.2, -0.15) is 0 Å². The highest BCUT2D eigenvalue weighted by Gasteiger charge is 2.04. The molecule has 4 nitrogen and oxygen atoms in total. The number of nitrogens with one attached hydrogen (secondary N) is 2. The third kappa shape index (κ3) is 2.18. The van der Waals surface area contributed by atoms with E-state index >= 15 is 0 Å². The summed E-state index contributed by atoms with van der Waals surface area (Å²) in [5.74, 6) is 0.831. The van der Waals surface area contributed by atoms with Crippen molar-refractivity contribution < 1.29 is 4.79 Å². The number of hydrogen-bond acceptors (Lipinski definition) is 3. The van der Waals surface area contributed by atoms with Gasteiger partial charge in [-0.05, 0) is 12.3 Å². The van der Waals surface area contributed by atoms with Gasteiger partial charge in [0.15, 0.2) is 6.29 Å². The zero-order valence-electron chi connectivity index (χ0n) is 7.79. The Kier molecular flexibility index (Phi) is 3.25. The van der Waals surface area contributed by atoms with E-state index in [9.17, 15) is 4.79 Å². The molecule has 4 heteroatoms. The van der Waals surface area contributed by atoms with Crippen LogP contribution in [0.3, 0.4) is 0 Å². The molecule has 13 heavy (non-hydrogen) atoms. The second-order valence-corrected chi connectivity index (χ2v) is 2.58. The molecule has 0 saturated heterocycles. The zero-order chi connectivity index (χ0) is 9.68. The van der Waals surface area contributed by atoms with Gasteiger partial charge in [-0.15, -0.1) is 0 Å². The lowest BCUT2D eigenvalue weighted by atomic mass is 10.3. The smallest absolute Gasteiger partial charge is 0.168 e. The van der Waals surface area contributed by atoms with Crippen molar-refractivity contribution >= 4 is 12.4 Å². The van der Waals surface area contributed by atoms with Crippen molar-refractivity contribution in [2.24, 2.45) is 0 Å². The number of imidazole rings is 1. The van der Waals surface area contributed by atoms with Crippen LogP contribution in [0, 0.1) is 0 Å². The topological polar surface area (TPSA) is 57.8 Å². The Balaban J connectivity index is 2.96. The van der Waals surface area contributed by atoms with Gasteiger partial charge in [0.2, 0.25) is 0 Å². The molecule has 0 aromatic carbocycles. The first-order valence-corrected chi connectivity index (χ1v) is 4.19. The minimum absolute atomic E-state index is 0.531. The quantitative estimate of drug-likeness (QED) is 0.677. The normalized spacial score (nSPS) is 10.6. The number of nitrogens with zero attached hydrogens (tertiary/aromatic N) is 1. The van der Waals surface area contributed by atoms with Gasteiger partial charge in [-0.25, -0.2) is 4.98 Å². The number of H-pyrrole nitrogens is 1. The van der Waals surface area contributed by atoms with Gasteiger partial charge in [0.1, 0.15) is 11.5 Å². The lowest BCUT2D eigenvalue weighted by molar-refractivity contribution is 0.111. The molecule has 0 spiro atoms. The number of aromatic nitrogens is 2. The van der Waals surface area contributed by atoms with Crippen LogP contribution in [0.2, 0.25) is 0 Å². The summed E-state index contributed by atoms with van der Waals surface area (Å²) >= 11 is 0. The van der Waals surface area contributed by atoms with Gasteiger partial charge in [0.05, 0.1) is 5.69 Å². The number of carbonyl (C=O) groups excluding carboxylic acids is 1. The van der Waals surface area contributed by atoms with Gasteiger partial charge in [-0.3, -0.25) is 4.79 Å². The minimum Gasteiger partial charge on any atom is -0.394 e. The molecule has 0 bridgehead atoms. The summed E-state index contributed by atoms with van der Waals surface area (Å²) in [5.41, 5.74) is 1.21. The van der Waals surface area contributed by atoms with E-state index in [1.807, 2.05) is 6.92 Å². The van der Waals surface area contributed by atoms with Crippen LogP contribution in [0.5, 0.6) is 0 Å². The molecular formula is C9H13N3O. The van der Waals surface area contributed by atoms with Crippen molar-refractivity contribution in [2.45, 2.75) is 13.3 Å². The fraction of sp³-hybridized carbons (Fsp3) is 0.333. The molecule has 0 saturated carbocycles. The predicted octanol–water partition coefficient (Wildman–Crippen LogP) is 0.975. The fourth-order valence-electron chi connectivity index (χ4n) is 1.000. The lowest BCUT2D eigenvalue weighted by Crippen LogP contribution is -1.92. The summed E-state index contributed by atoms with van der Waals surface area (Å²) in [5, 5.41) is 2.84. The second-order valence-electron chi connectivity index (χ2n) is 2.58. The van der Waals surface area contributed by atoms with Crippen LogP contribution >= 0.6 is 0 Å². The van der Waals surface area contributed by atoms with Crippen LogP contribution in [-0.4, -0.2) is 23.3 Å². The van der Waals surface area contributed by atoms with E-state index in [0.717, 1.165) is 18.5 Å². The van der Waals surface area contributed by atoms with Crippen LogP contribution < -0.4 is 5.32 Å². The molecule has 0 aliphatic rings. The molecule has 1 heterocycles. The Morgan fingerprint density at radius 1 is 1.62 bits per heavy atom. The molecule has 0 radical (unpaired) electrons. The zero-order valence-corrected chi connectivity index (χ0v) is 7.79. The summed E-state index contributed by atoms with van der Waals surface area (Å²) in [7, 11) is 1.80. The van der Waals surface area contributed by atoms with Gasteiger partial charge in [-0.1, -0.05) is 6.92 Å². The first-order valence-electron chi connectivity index (χ1n) is 4.19. The number of aldehydes is 1. The largest absolute Gasteiger partial charge is 0.394 e. The average Bonchev–Trinajstić information content (AvgIpc) is 2.57. The Hall–Kier alpha value is -1.58. The van der Waals surface area contributed by atoms with Crippen molar-refractivity contribution in [1.82, 2.24) is 15.3 Å². The number of hydrogen-bond donors (Lipinski definition) is 2. The number of rotatable bonds is 4. The van der Waals surface area contributed by atoms with E-state index in [-0.39, 0.29) is 0 Å². The van der Waals surface area contributed by atoms with Crippen molar-refractivity contribution in [3.63, 3.8) is 0 Å². The molecule has 0 aliphatic carbocycles. The van der Waals surface area contributed by atoms with Crippen LogP contribution in [0.25, 0.3) is 6.08 Å². The maximum absolute atomic E-state index is 10.6. The Bertz CT molecular complexity index is 315. The number of aryl methyl sites for hydroxylation is 1. The molecule has 1 rings (SSSR count). The SMILES string of the molecule is CCc1nc(/C=C\NC)c(C=O)[nH]1. The Morgan fingerprint density at radius 3 is 2.92 bits per heavy atom. The van der Waals surface area contributed by atoms with Gasteiger partial charge >= 0.3 is 0 Å². The van der Waals surface area contributed by atoms with E-state index in [1.165, 1.54) is 0 Å². The molecule has 70 valence electrons. The second kappa shape index (κ2) is 4.45. The van der Waals surface area contributed by atoms with Crippen molar-refractivity contribution in [3.05, 3.63) is 23.4 Å². The molecule has 1 aromatic heterocycles. The van der Waals surface area contributed by atoms with E-state index in [2.05, 4.69) is 15.3 Å². The molecule has 1 aromatic rings. The van der Waals surface area contributed by atoms with Crippen LogP contribution in [-0.2, 0) is 6.42 Å². The van der Waals surface area contributed by atoms with Gasteiger partial charge in [0, 0.05) is 13.5 Å². The van der Waals surface area contributed by atoms with Crippen molar-refractivity contribution in [1.29, 1.82) is 0 Å². The molecule has 0 atom stereocenters. The predicted molar refractivity (Wildman–Crippen MR) is 51.4 cm³/mol. The van der Waals surface area contributed by atoms with Crippen molar-refractivity contribution in [2.75, 3.05) is 7.05 Å². The van der Waals surface area contributed by atoms with E-state index < -0.39 is 0 Å². The highest BCUT2D eigenvalue weighted by molar-refractivity contribution is 5.78. The minimum atomic E-state index is 0.531. The third-order valence-electron chi connectivity index (χ3n) is 1.67. The summed E-state index contributed by atoms with van der Waals surface area (Å²) in [6.07, 6.45) is 5.08. The highest BCUT2D eigenvalue weighted by atomic mass is 16.1. The third-order valence-corrected chi connectivity index (χ3v) is 1.67. The standard InChI is InChI=1S/C9H13N3O/c1-3-9-11-7(4-5-10-2)8(6-13)12-9/h4-6,10H,3H2,1-2H3,(H,11,12)/b5-4-. The molecule has 0 aliphatic heterocycles. The monoisotopic (exact) mass is 179 g/mol. The highest BCUT2D eigenvalue weighted by Crippen LogP contribution is 2.05. The summed E-state index contributed by atoms with van der Waals surface area (Å²) < 4.78 is 0. The first-order chi connectivity index (χ1) is 6.31. The molecule has 0 unspecified atom stereocenters. The first kappa shape index (κ1) is 9.51. The maximum Gasteiger partial charge on any atom is 0.168 e. The van der Waals surface area contributed by atoms with E-state index in [0.29, 0.717) is 11.4 Å². The van der Waals surface area contributed by atoms with Crippen LogP contribution in [0.15, 0.2) is 6.20 Å². The van der Waals surface area contributed by atoms with E-state index in [1.54, 1.807) is 19.3 Å². The van der Waals surface area contributed by atoms with Crippen LogP contribution in [0.1, 0.15) is 28.9 Å². The Labute approximate surface area is 77.1 Å². The molecular weight excluding hydrogens is 166 g/mol. The average molecular weight is 179 g/mol. The van der Waals surface area contributed by atoms with Gasteiger partial charge in [0.25, 0.3) is 0 Å². The molecule has 2 N–H and O–H groups in total. The number of carbonyl (C=O) groups is 1. The van der Waals surface area contributed by atoms with Crippen molar-refractivity contribution in [3.8, 4) is 0 Å². The van der Waals surface area contributed by atoms with Gasteiger partial charge < -0.3 is 10.3 Å².